The summed E-state index contributed by atoms with van der Waals surface area (Å²) in [6, 6.07) is 23.5. The van der Waals surface area contributed by atoms with Gasteiger partial charge in [-0.2, -0.15) is 0 Å². The number of aryl methyl sites for hydroxylation is 1. The van der Waals surface area contributed by atoms with Crippen LogP contribution in [0.3, 0.4) is 0 Å². The molecule has 0 spiro atoms. The number of rotatable bonds is 3. The molecule has 1 aromatic heterocycles. The van der Waals surface area contributed by atoms with E-state index in [4.69, 9.17) is 0 Å². The van der Waals surface area contributed by atoms with Crippen molar-refractivity contribution in [2.45, 2.75) is 6.92 Å². The van der Waals surface area contributed by atoms with E-state index in [0.29, 0.717) is 17.1 Å². The molecule has 0 saturated carbocycles. The van der Waals surface area contributed by atoms with Crippen LogP contribution in [0.5, 0.6) is 0 Å². The average molecular weight is 339 g/mol. The normalized spacial score (nSPS) is 10.7. The number of carbonyl (C=O) groups is 1. The van der Waals surface area contributed by atoms with Gasteiger partial charge in [0.05, 0.1) is 11.3 Å². The summed E-state index contributed by atoms with van der Waals surface area (Å²) in [6.07, 6.45) is 1.59. The number of fused-ring (bicyclic) bond motifs is 1. The predicted octanol–water partition coefficient (Wildman–Crippen LogP) is 4.86. The fraction of sp³-hybridized carbons (Fsp3) is 0.0455. The SMILES string of the molecule is Cc1nc(-c2ccccc2)ncc1C(=O)Nc1cccc2ccccc12. The van der Waals surface area contributed by atoms with Gasteiger partial charge in [0.25, 0.3) is 5.91 Å². The molecular weight excluding hydrogens is 322 g/mol. The van der Waals surface area contributed by atoms with Crippen molar-refractivity contribution in [3.8, 4) is 11.4 Å². The van der Waals surface area contributed by atoms with Gasteiger partial charge >= 0.3 is 0 Å². The number of carbonyl (C=O) groups excluding carboxylic acids is 1. The molecule has 0 radical (unpaired) electrons. The first-order chi connectivity index (χ1) is 12.7. The Morgan fingerprint density at radius 2 is 1.62 bits per heavy atom. The molecule has 4 rings (SSSR count). The first-order valence-corrected chi connectivity index (χ1v) is 8.40. The van der Waals surface area contributed by atoms with Gasteiger partial charge in [0.15, 0.2) is 5.82 Å². The molecule has 0 bridgehead atoms. The summed E-state index contributed by atoms with van der Waals surface area (Å²) < 4.78 is 0. The van der Waals surface area contributed by atoms with Crippen LogP contribution in [0.4, 0.5) is 5.69 Å². The van der Waals surface area contributed by atoms with Gasteiger partial charge in [-0.25, -0.2) is 9.97 Å². The van der Waals surface area contributed by atoms with Gasteiger partial charge in [0, 0.05) is 22.8 Å². The van der Waals surface area contributed by atoms with Crippen molar-refractivity contribution >= 4 is 22.4 Å². The average Bonchev–Trinajstić information content (AvgIpc) is 2.69. The van der Waals surface area contributed by atoms with Crippen LogP contribution in [0.15, 0.2) is 79.0 Å². The van der Waals surface area contributed by atoms with Crippen LogP contribution in [-0.2, 0) is 0 Å². The standard InChI is InChI=1S/C22H17N3O/c1-15-19(14-23-21(24-15)17-9-3-2-4-10-17)22(26)25-20-13-7-11-16-8-5-6-12-18(16)20/h2-14H,1H3,(H,25,26). The number of benzene rings is 3. The smallest absolute Gasteiger partial charge is 0.259 e. The minimum absolute atomic E-state index is 0.210. The second-order valence-corrected chi connectivity index (χ2v) is 6.04. The number of hydrogen-bond donors (Lipinski definition) is 1. The van der Waals surface area contributed by atoms with E-state index in [0.717, 1.165) is 22.0 Å². The quantitative estimate of drug-likeness (QED) is 0.580. The van der Waals surface area contributed by atoms with E-state index in [9.17, 15) is 4.79 Å². The Morgan fingerprint density at radius 1 is 0.885 bits per heavy atom. The van der Waals surface area contributed by atoms with Crippen LogP contribution in [0.25, 0.3) is 22.2 Å². The molecule has 1 amide bonds. The third-order valence-electron chi connectivity index (χ3n) is 4.29. The van der Waals surface area contributed by atoms with Gasteiger partial charge in [0.1, 0.15) is 0 Å². The van der Waals surface area contributed by atoms with E-state index in [-0.39, 0.29) is 5.91 Å². The lowest BCUT2D eigenvalue weighted by Gasteiger charge is -2.10. The topological polar surface area (TPSA) is 54.9 Å². The van der Waals surface area contributed by atoms with Gasteiger partial charge in [-0.3, -0.25) is 4.79 Å². The summed E-state index contributed by atoms with van der Waals surface area (Å²) in [4.78, 5) is 21.6. The minimum Gasteiger partial charge on any atom is -0.321 e. The number of nitrogens with one attached hydrogen (secondary N) is 1. The molecule has 4 aromatic rings. The Morgan fingerprint density at radius 3 is 2.42 bits per heavy atom. The fourth-order valence-electron chi connectivity index (χ4n) is 2.94. The van der Waals surface area contributed by atoms with Gasteiger partial charge in [0.2, 0.25) is 0 Å². The molecule has 0 unspecified atom stereocenters. The van der Waals surface area contributed by atoms with Gasteiger partial charge in [-0.05, 0) is 18.4 Å². The van der Waals surface area contributed by atoms with E-state index in [1.807, 2.05) is 79.7 Å². The molecule has 4 nitrogen and oxygen atoms in total. The summed E-state index contributed by atoms with van der Waals surface area (Å²) >= 11 is 0. The molecule has 1 N–H and O–H groups in total. The van der Waals surface area contributed by atoms with E-state index in [2.05, 4.69) is 15.3 Å². The maximum absolute atomic E-state index is 12.7. The highest BCUT2D eigenvalue weighted by Gasteiger charge is 2.14. The van der Waals surface area contributed by atoms with E-state index >= 15 is 0 Å². The summed E-state index contributed by atoms with van der Waals surface area (Å²) in [6.45, 7) is 1.83. The largest absolute Gasteiger partial charge is 0.321 e. The van der Waals surface area contributed by atoms with Crippen LogP contribution in [0.1, 0.15) is 16.1 Å². The molecule has 126 valence electrons. The van der Waals surface area contributed by atoms with Crippen molar-refractivity contribution in [1.82, 2.24) is 9.97 Å². The Hall–Kier alpha value is -3.53. The van der Waals surface area contributed by atoms with E-state index in [1.165, 1.54) is 0 Å². The second kappa shape index (κ2) is 6.76. The van der Waals surface area contributed by atoms with Crippen molar-refractivity contribution in [3.63, 3.8) is 0 Å². The van der Waals surface area contributed by atoms with Crippen molar-refractivity contribution < 1.29 is 4.79 Å². The highest BCUT2D eigenvalue weighted by molar-refractivity contribution is 6.09. The molecule has 0 aliphatic heterocycles. The summed E-state index contributed by atoms with van der Waals surface area (Å²) in [5.41, 5.74) is 2.82. The number of anilines is 1. The minimum atomic E-state index is -0.210. The zero-order chi connectivity index (χ0) is 17.9. The third kappa shape index (κ3) is 3.05. The molecule has 1 heterocycles. The Bertz CT molecular complexity index is 1090. The van der Waals surface area contributed by atoms with Crippen LogP contribution < -0.4 is 5.32 Å². The monoisotopic (exact) mass is 339 g/mol. The number of nitrogens with zero attached hydrogens (tertiary/aromatic N) is 2. The Kier molecular flexibility index (Phi) is 4.15. The maximum Gasteiger partial charge on any atom is 0.259 e. The van der Waals surface area contributed by atoms with E-state index < -0.39 is 0 Å². The molecule has 0 aliphatic rings. The molecular formula is C22H17N3O. The first kappa shape index (κ1) is 16.0. The number of aromatic nitrogens is 2. The molecule has 4 heteroatoms. The van der Waals surface area contributed by atoms with Crippen molar-refractivity contribution in [3.05, 3.63) is 90.3 Å². The Balaban J connectivity index is 1.64. The molecule has 3 aromatic carbocycles. The lowest BCUT2D eigenvalue weighted by atomic mass is 10.1. The molecule has 0 fully saturated rings. The highest BCUT2D eigenvalue weighted by atomic mass is 16.1. The zero-order valence-corrected chi connectivity index (χ0v) is 14.3. The third-order valence-corrected chi connectivity index (χ3v) is 4.29. The lowest BCUT2D eigenvalue weighted by molar-refractivity contribution is 0.102. The molecule has 0 atom stereocenters. The first-order valence-electron chi connectivity index (χ1n) is 8.40. The summed E-state index contributed by atoms with van der Waals surface area (Å²) in [5.74, 6) is 0.406. The van der Waals surface area contributed by atoms with Gasteiger partial charge in [-0.1, -0.05) is 66.7 Å². The van der Waals surface area contributed by atoms with E-state index in [1.54, 1.807) is 6.20 Å². The summed E-state index contributed by atoms with van der Waals surface area (Å²) in [7, 11) is 0. The number of hydrogen-bond acceptors (Lipinski definition) is 3. The van der Waals surface area contributed by atoms with Crippen molar-refractivity contribution in [1.29, 1.82) is 0 Å². The van der Waals surface area contributed by atoms with Crippen molar-refractivity contribution in [2.75, 3.05) is 5.32 Å². The molecule has 0 saturated heterocycles. The highest BCUT2D eigenvalue weighted by Crippen LogP contribution is 2.24. The van der Waals surface area contributed by atoms with Crippen LogP contribution in [-0.4, -0.2) is 15.9 Å². The van der Waals surface area contributed by atoms with Crippen LogP contribution >= 0.6 is 0 Å². The van der Waals surface area contributed by atoms with Gasteiger partial charge in [-0.15, -0.1) is 0 Å². The van der Waals surface area contributed by atoms with Crippen LogP contribution in [0, 0.1) is 6.92 Å². The van der Waals surface area contributed by atoms with Crippen molar-refractivity contribution in [2.24, 2.45) is 0 Å². The fourth-order valence-corrected chi connectivity index (χ4v) is 2.94. The predicted molar refractivity (Wildman–Crippen MR) is 104 cm³/mol. The molecule has 0 aliphatic carbocycles. The molecule has 26 heavy (non-hydrogen) atoms. The van der Waals surface area contributed by atoms with Gasteiger partial charge < -0.3 is 5.32 Å². The lowest BCUT2D eigenvalue weighted by Crippen LogP contribution is -2.15. The Labute approximate surface area is 151 Å². The summed E-state index contributed by atoms with van der Waals surface area (Å²) in [5, 5.41) is 5.07. The maximum atomic E-state index is 12.7. The number of amides is 1. The van der Waals surface area contributed by atoms with Crippen LogP contribution in [0.2, 0.25) is 0 Å². The second-order valence-electron chi connectivity index (χ2n) is 6.04. The zero-order valence-electron chi connectivity index (χ0n) is 14.3.